The highest BCUT2D eigenvalue weighted by atomic mass is 16.2. The van der Waals surface area contributed by atoms with Crippen LogP contribution in [0.15, 0.2) is 5.10 Å². The van der Waals surface area contributed by atoms with Gasteiger partial charge in [-0.1, -0.05) is 32.6 Å². The van der Waals surface area contributed by atoms with Crippen LogP contribution >= 0.6 is 0 Å². The Kier molecular flexibility index (Phi) is 5.90. The molecular formula is C12H23N3O. The van der Waals surface area contributed by atoms with Gasteiger partial charge in [-0.3, -0.25) is 0 Å². The molecule has 92 valence electrons. The fourth-order valence-electron chi connectivity index (χ4n) is 2.30. The van der Waals surface area contributed by atoms with Gasteiger partial charge < -0.3 is 5.73 Å². The zero-order valence-corrected chi connectivity index (χ0v) is 10.2. The van der Waals surface area contributed by atoms with Crippen molar-refractivity contribution in [1.29, 1.82) is 0 Å². The molecule has 4 nitrogen and oxygen atoms in total. The maximum absolute atomic E-state index is 10.6. The fourth-order valence-corrected chi connectivity index (χ4v) is 2.30. The van der Waals surface area contributed by atoms with Crippen LogP contribution in [-0.4, -0.2) is 11.7 Å². The summed E-state index contributed by atoms with van der Waals surface area (Å²) in [6, 6.07) is -0.566. The van der Waals surface area contributed by atoms with E-state index in [1.807, 2.05) is 0 Å². The van der Waals surface area contributed by atoms with Crippen molar-refractivity contribution >= 4 is 11.7 Å². The van der Waals surface area contributed by atoms with Gasteiger partial charge in [0.15, 0.2) is 0 Å². The first-order chi connectivity index (χ1) is 7.74. The number of primary amides is 1. The van der Waals surface area contributed by atoms with E-state index in [4.69, 9.17) is 5.73 Å². The summed E-state index contributed by atoms with van der Waals surface area (Å²) in [6.45, 7) is 2.22. The molecule has 0 heterocycles. The third-order valence-corrected chi connectivity index (χ3v) is 3.17. The Morgan fingerprint density at radius 1 is 1.50 bits per heavy atom. The molecule has 0 aromatic rings. The van der Waals surface area contributed by atoms with Gasteiger partial charge in [-0.05, 0) is 31.6 Å². The smallest absolute Gasteiger partial charge is 0.332 e. The Morgan fingerprint density at radius 3 is 3.00 bits per heavy atom. The number of hydrogen-bond acceptors (Lipinski definition) is 2. The van der Waals surface area contributed by atoms with Crippen molar-refractivity contribution in [3.05, 3.63) is 0 Å². The van der Waals surface area contributed by atoms with Crippen molar-refractivity contribution in [2.75, 3.05) is 0 Å². The molecule has 1 rings (SSSR count). The van der Waals surface area contributed by atoms with Crippen molar-refractivity contribution in [2.24, 2.45) is 16.8 Å². The molecule has 0 radical (unpaired) electrons. The summed E-state index contributed by atoms with van der Waals surface area (Å²) in [5.74, 6) is 0.573. The van der Waals surface area contributed by atoms with Crippen LogP contribution in [0.3, 0.4) is 0 Å². The summed E-state index contributed by atoms with van der Waals surface area (Å²) in [5.41, 5.74) is 8.48. The van der Waals surface area contributed by atoms with Gasteiger partial charge in [0.2, 0.25) is 0 Å². The van der Waals surface area contributed by atoms with Crippen LogP contribution in [0.4, 0.5) is 4.79 Å². The predicted octanol–water partition coefficient (Wildman–Crippen LogP) is 2.78. The van der Waals surface area contributed by atoms with Crippen molar-refractivity contribution in [2.45, 2.75) is 58.3 Å². The normalized spacial score (nSPS) is 22.6. The summed E-state index contributed by atoms with van der Waals surface area (Å²) in [4.78, 5) is 10.6. The SMILES string of the molecule is CCCCCCC1CCC/C1=N/NC(N)=O. The third kappa shape index (κ3) is 4.64. The molecule has 1 aliphatic carbocycles. The number of hydrazone groups is 1. The molecule has 0 spiro atoms. The van der Waals surface area contributed by atoms with Gasteiger partial charge in [0.1, 0.15) is 0 Å². The number of rotatable bonds is 6. The number of nitrogens with one attached hydrogen (secondary N) is 1. The molecule has 0 aliphatic heterocycles. The van der Waals surface area contributed by atoms with E-state index in [-0.39, 0.29) is 0 Å². The summed E-state index contributed by atoms with van der Waals surface area (Å²) < 4.78 is 0. The lowest BCUT2D eigenvalue weighted by Gasteiger charge is -2.10. The highest BCUT2D eigenvalue weighted by molar-refractivity contribution is 5.89. The number of carbonyl (C=O) groups is 1. The highest BCUT2D eigenvalue weighted by Crippen LogP contribution is 2.27. The molecule has 1 saturated carbocycles. The van der Waals surface area contributed by atoms with Crippen molar-refractivity contribution < 1.29 is 4.79 Å². The highest BCUT2D eigenvalue weighted by Gasteiger charge is 2.22. The number of nitrogens with two attached hydrogens (primary N) is 1. The number of unbranched alkanes of at least 4 members (excludes halogenated alkanes) is 3. The Morgan fingerprint density at radius 2 is 2.31 bits per heavy atom. The second kappa shape index (κ2) is 7.25. The molecule has 1 unspecified atom stereocenters. The van der Waals surface area contributed by atoms with Gasteiger partial charge in [-0.2, -0.15) is 5.10 Å². The number of amides is 2. The lowest BCUT2D eigenvalue weighted by Crippen LogP contribution is -2.26. The third-order valence-electron chi connectivity index (χ3n) is 3.17. The predicted molar refractivity (Wildman–Crippen MR) is 66.3 cm³/mol. The topological polar surface area (TPSA) is 67.5 Å². The molecule has 1 aliphatic rings. The summed E-state index contributed by atoms with van der Waals surface area (Å²) in [6.07, 6.45) is 9.80. The van der Waals surface area contributed by atoms with Crippen molar-refractivity contribution in [3.8, 4) is 0 Å². The number of hydrogen-bond donors (Lipinski definition) is 2. The van der Waals surface area contributed by atoms with Crippen LogP contribution in [-0.2, 0) is 0 Å². The van der Waals surface area contributed by atoms with Crippen LogP contribution in [0.1, 0.15) is 58.3 Å². The second-order valence-corrected chi connectivity index (χ2v) is 4.52. The molecule has 1 atom stereocenters. The number of urea groups is 1. The maximum Gasteiger partial charge on any atom is 0.332 e. The Balaban J connectivity index is 2.28. The molecule has 0 aromatic carbocycles. The Hall–Kier alpha value is -1.06. The minimum absolute atomic E-state index is 0.566. The summed E-state index contributed by atoms with van der Waals surface area (Å²) in [5, 5.41) is 4.10. The van der Waals surface area contributed by atoms with E-state index in [9.17, 15) is 4.79 Å². The van der Waals surface area contributed by atoms with Crippen molar-refractivity contribution in [1.82, 2.24) is 5.43 Å². The number of carbonyl (C=O) groups excluding carboxylic acids is 1. The first-order valence-corrected chi connectivity index (χ1v) is 6.36. The average Bonchev–Trinajstić information content (AvgIpc) is 2.69. The van der Waals surface area contributed by atoms with E-state index in [1.54, 1.807) is 0 Å². The number of nitrogens with zero attached hydrogens (tertiary/aromatic N) is 1. The molecule has 2 amide bonds. The Labute approximate surface area is 97.7 Å². The van der Waals surface area contributed by atoms with Gasteiger partial charge in [0.25, 0.3) is 0 Å². The van der Waals surface area contributed by atoms with E-state index >= 15 is 0 Å². The van der Waals surface area contributed by atoms with Crippen LogP contribution in [0.2, 0.25) is 0 Å². The van der Waals surface area contributed by atoms with Gasteiger partial charge >= 0.3 is 6.03 Å². The van der Waals surface area contributed by atoms with Gasteiger partial charge in [-0.25, -0.2) is 10.2 Å². The van der Waals surface area contributed by atoms with Crippen LogP contribution < -0.4 is 11.2 Å². The quantitative estimate of drug-likeness (QED) is 0.529. The minimum Gasteiger partial charge on any atom is -0.350 e. The van der Waals surface area contributed by atoms with E-state index in [0.29, 0.717) is 5.92 Å². The lowest BCUT2D eigenvalue weighted by atomic mass is 9.98. The molecule has 16 heavy (non-hydrogen) atoms. The first-order valence-electron chi connectivity index (χ1n) is 6.36. The molecule has 3 N–H and O–H groups in total. The first kappa shape index (κ1) is 13.0. The summed E-state index contributed by atoms with van der Waals surface area (Å²) >= 11 is 0. The minimum atomic E-state index is -0.566. The van der Waals surface area contributed by atoms with E-state index < -0.39 is 6.03 Å². The second-order valence-electron chi connectivity index (χ2n) is 4.52. The van der Waals surface area contributed by atoms with E-state index in [2.05, 4.69) is 17.5 Å². The van der Waals surface area contributed by atoms with Crippen LogP contribution in [0.25, 0.3) is 0 Å². The zero-order valence-electron chi connectivity index (χ0n) is 10.2. The zero-order chi connectivity index (χ0) is 11.8. The monoisotopic (exact) mass is 225 g/mol. The van der Waals surface area contributed by atoms with Crippen LogP contribution in [0, 0.1) is 5.92 Å². The van der Waals surface area contributed by atoms with Gasteiger partial charge in [-0.15, -0.1) is 0 Å². The fraction of sp³-hybridized carbons (Fsp3) is 0.833. The maximum atomic E-state index is 10.6. The standard InChI is InChI=1S/C12H23N3O/c1-2-3-4-5-7-10-8-6-9-11(10)14-15-12(13)16/h10H,2-9H2,1H3,(H3,13,15,16)/b14-11-. The molecule has 0 aromatic heterocycles. The van der Waals surface area contributed by atoms with E-state index in [0.717, 1.165) is 12.1 Å². The lowest BCUT2D eigenvalue weighted by molar-refractivity contribution is 0.249. The van der Waals surface area contributed by atoms with E-state index in [1.165, 1.54) is 44.9 Å². The molecular weight excluding hydrogens is 202 g/mol. The van der Waals surface area contributed by atoms with Crippen LogP contribution in [0.5, 0.6) is 0 Å². The Bertz CT molecular complexity index is 251. The van der Waals surface area contributed by atoms with Crippen molar-refractivity contribution in [3.63, 3.8) is 0 Å². The molecule has 0 bridgehead atoms. The summed E-state index contributed by atoms with van der Waals surface area (Å²) in [7, 11) is 0. The molecule has 0 saturated heterocycles. The average molecular weight is 225 g/mol. The van der Waals surface area contributed by atoms with Gasteiger partial charge in [0.05, 0.1) is 0 Å². The molecule has 1 fully saturated rings. The largest absolute Gasteiger partial charge is 0.350 e. The van der Waals surface area contributed by atoms with Gasteiger partial charge in [0, 0.05) is 5.71 Å². The molecule has 4 heteroatoms.